The molecule has 122 valence electrons. The zero-order valence-corrected chi connectivity index (χ0v) is 12.7. The number of fused-ring (bicyclic) bond motifs is 1. The Bertz CT molecular complexity index is 740. The highest BCUT2D eigenvalue weighted by Gasteiger charge is 2.29. The lowest BCUT2D eigenvalue weighted by Crippen LogP contribution is -2.56. The summed E-state index contributed by atoms with van der Waals surface area (Å²) in [6.45, 7) is 1.48. The number of amides is 1. The summed E-state index contributed by atoms with van der Waals surface area (Å²) in [6.07, 6.45) is 2.09. The summed E-state index contributed by atoms with van der Waals surface area (Å²) in [5.41, 5.74) is 1.10. The van der Waals surface area contributed by atoms with Crippen molar-refractivity contribution in [2.45, 2.75) is 12.6 Å². The number of carboxylic acid groups (broad SMARTS) is 1. The second kappa shape index (κ2) is 6.35. The van der Waals surface area contributed by atoms with Crippen LogP contribution >= 0.6 is 0 Å². The minimum atomic E-state index is -1.08. The quantitative estimate of drug-likeness (QED) is 0.852. The van der Waals surface area contributed by atoms with Gasteiger partial charge in [-0.3, -0.25) is 9.78 Å². The third-order valence-electron chi connectivity index (χ3n) is 3.98. The van der Waals surface area contributed by atoms with Crippen LogP contribution in [0.25, 0.3) is 10.9 Å². The highest BCUT2D eigenvalue weighted by Crippen LogP contribution is 2.21. The SMILES string of the molecule is COCC1CNCC(=O)N1Cc1cc2cnccc2n1C(=O)O. The molecule has 1 amide bonds. The lowest BCUT2D eigenvalue weighted by Gasteiger charge is -2.35. The first kappa shape index (κ1) is 15.4. The largest absolute Gasteiger partial charge is 0.464 e. The van der Waals surface area contributed by atoms with Gasteiger partial charge in [-0.25, -0.2) is 9.36 Å². The number of rotatable bonds is 4. The van der Waals surface area contributed by atoms with Gasteiger partial charge in [-0.15, -0.1) is 0 Å². The highest BCUT2D eigenvalue weighted by atomic mass is 16.5. The fraction of sp³-hybridized carbons (Fsp3) is 0.400. The van der Waals surface area contributed by atoms with Gasteiger partial charge in [0.25, 0.3) is 0 Å². The molecule has 0 aromatic carbocycles. The van der Waals surface area contributed by atoms with Crippen LogP contribution in [0.5, 0.6) is 0 Å². The van der Waals surface area contributed by atoms with E-state index in [0.717, 1.165) is 5.39 Å². The summed E-state index contributed by atoms with van der Waals surface area (Å²) in [5, 5.41) is 13.3. The number of ether oxygens (including phenoxy) is 1. The maximum Gasteiger partial charge on any atom is 0.416 e. The molecule has 0 aliphatic carbocycles. The monoisotopic (exact) mass is 318 g/mol. The summed E-state index contributed by atoms with van der Waals surface area (Å²) in [6, 6.07) is 3.29. The molecular formula is C15H18N4O4. The number of nitrogens with zero attached hydrogens (tertiary/aromatic N) is 3. The summed E-state index contributed by atoms with van der Waals surface area (Å²) >= 11 is 0. The Hall–Kier alpha value is -2.45. The van der Waals surface area contributed by atoms with Crippen LogP contribution in [0.1, 0.15) is 5.69 Å². The minimum Gasteiger partial charge on any atom is -0.464 e. The van der Waals surface area contributed by atoms with Gasteiger partial charge in [-0.2, -0.15) is 0 Å². The summed E-state index contributed by atoms with van der Waals surface area (Å²) in [7, 11) is 1.58. The van der Waals surface area contributed by atoms with E-state index in [1.165, 1.54) is 4.57 Å². The molecule has 1 aliphatic rings. The maximum absolute atomic E-state index is 12.2. The standard InChI is InChI=1S/C15H18N4O4/c1-23-9-12-6-17-7-14(20)18(12)8-11-4-10-5-16-3-2-13(10)19(11)15(21)22/h2-5,12,17H,6-9H2,1H3,(H,21,22). The Balaban J connectivity index is 1.97. The van der Waals surface area contributed by atoms with Crippen molar-refractivity contribution in [2.75, 3.05) is 26.8 Å². The van der Waals surface area contributed by atoms with Crippen molar-refractivity contribution in [2.24, 2.45) is 0 Å². The first-order chi connectivity index (χ1) is 11.1. The van der Waals surface area contributed by atoms with Gasteiger partial charge in [0.15, 0.2) is 0 Å². The second-order valence-electron chi connectivity index (χ2n) is 5.45. The number of methoxy groups -OCH3 is 1. The summed E-state index contributed by atoms with van der Waals surface area (Å²) in [4.78, 5) is 29.5. The molecule has 3 heterocycles. The van der Waals surface area contributed by atoms with Crippen molar-refractivity contribution in [1.82, 2.24) is 19.8 Å². The smallest absolute Gasteiger partial charge is 0.416 e. The van der Waals surface area contributed by atoms with Gasteiger partial charge in [-0.05, 0) is 12.1 Å². The molecule has 0 spiro atoms. The molecule has 1 fully saturated rings. The zero-order valence-electron chi connectivity index (χ0n) is 12.7. The van der Waals surface area contributed by atoms with E-state index in [0.29, 0.717) is 24.4 Å². The Labute approximate surface area is 132 Å². The van der Waals surface area contributed by atoms with Crippen LogP contribution in [-0.2, 0) is 16.1 Å². The van der Waals surface area contributed by atoms with E-state index in [1.807, 2.05) is 0 Å². The first-order valence-electron chi connectivity index (χ1n) is 7.28. The first-order valence-corrected chi connectivity index (χ1v) is 7.28. The number of hydrogen-bond acceptors (Lipinski definition) is 5. The number of nitrogens with one attached hydrogen (secondary N) is 1. The van der Waals surface area contributed by atoms with Gasteiger partial charge in [0.1, 0.15) is 0 Å². The molecule has 0 radical (unpaired) electrons. The normalized spacial score (nSPS) is 18.6. The average Bonchev–Trinajstić information content (AvgIpc) is 2.89. The van der Waals surface area contributed by atoms with E-state index in [4.69, 9.17) is 4.74 Å². The van der Waals surface area contributed by atoms with E-state index in [1.54, 1.807) is 36.5 Å². The van der Waals surface area contributed by atoms with Crippen molar-refractivity contribution >= 4 is 22.9 Å². The molecule has 1 atom stereocenters. The van der Waals surface area contributed by atoms with Crippen LogP contribution in [0.3, 0.4) is 0 Å². The van der Waals surface area contributed by atoms with Crippen molar-refractivity contribution in [3.63, 3.8) is 0 Å². The van der Waals surface area contributed by atoms with E-state index in [-0.39, 0.29) is 25.0 Å². The molecule has 8 nitrogen and oxygen atoms in total. The average molecular weight is 318 g/mol. The number of piperazine rings is 1. The van der Waals surface area contributed by atoms with Crippen molar-refractivity contribution < 1.29 is 19.4 Å². The van der Waals surface area contributed by atoms with Crippen molar-refractivity contribution in [3.05, 3.63) is 30.2 Å². The second-order valence-corrected chi connectivity index (χ2v) is 5.45. The number of carbonyl (C=O) groups excluding carboxylic acids is 1. The molecular weight excluding hydrogens is 300 g/mol. The Morgan fingerprint density at radius 3 is 3.13 bits per heavy atom. The van der Waals surface area contributed by atoms with E-state index in [2.05, 4.69) is 10.3 Å². The molecule has 8 heteroatoms. The molecule has 0 saturated carbocycles. The molecule has 2 N–H and O–H groups in total. The molecule has 23 heavy (non-hydrogen) atoms. The van der Waals surface area contributed by atoms with Gasteiger partial charge < -0.3 is 20.1 Å². The summed E-state index contributed by atoms with van der Waals surface area (Å²) in [5.74, 6) is -0.0707. The zero-order chi connectivity index (χ0) is 16.4. The van der Waals surface area contributed by atoms with Gasteiger partial charge in [0, 0.05) is 37.1 Å². The van der Waals surface area contributed by atoms with E-state index >= 15 is 0 Å². The van der Waals surface area contributed by atoms with Crippen LogP contribution in [0, 0.1) is 0 Å². The van der Waals surface area contributed by atoms with Crippen LogP contribution in [0.15, 0.2) is 24.5 Å². The fourth-order valence-electron chi connectivity index (χ4n) is 2.95. The van der Waals surface area contributed by atoms with E-state index < -0.39 is 6.09 Å². The number of carbonyl (C=O) groups is 2. The fourth-order valence-corrected chi connectivity index (χ4v) is 2.95. The highest BCUT2D eigenvalue weighted by molar-refractivity contribution is 5.90. The van der Waals surface area contributed by atoms with Crippen molar-refractivity contribution in [3.8, 4) is 0 Å². The molecule has 1 unspecified atom stereocenters. The number of hydrogen-bond donors (Lipinski definition) is 2. The number of pyridine rings is 1. The van der Waals surface area contributed by atoms with Gasteiger partial charge >= 0.3 is 6.09 Å². The lowest BCUT2D eigenvalue weighted by atomic mass is 10.2. The Morgan fingerprint density at radius 1 is 1.57 bits per heavy atom. The molecule has 1 saturated heterocycles. The van der Waals surface area contributed by atoms with Crippen molar-refractivity contribution in [1.29, 1.82) is 0 Å². The van der Waals surface area contributed by atoms with Gasteiger partial charge in [0.05, 0.1) is 31.3 Å². The topological polar surface area (TPSA) is 96.7 Å². The maximum atomic E-state index is 12.2. The van der Waals surface area contributed by atoms with Crippen LogP contribution in [0.4, 0.5) is 4.79 Å². The minimum absolute atomic E-state index is 0.0707. The van der Waals surface area contributed by atoms with Gasteiger partial charge in [-0.1, -0.05) is 0 Å². The Morgan fingerprint density at radius 2 is 2.39 bits per heavy atom. The third-order valence-corrected chi connectivity index (χ3v) is 3.98. The third kappa shape index (κ3) is 2.90. The molecule has 2 aromatic heterocycles. The predicted molar refractivity (Wildman–Crippen MR) is 82.2 cm³/mol. The Kier molecular flexibility index (Phi) is 4.26. The number of aromatic nitrogens is 2. The van der Waals surface area contributed by atoms with Crippen LogP contribution in [0.2, 0.25) is 0 Å². The molecule has 2 aromatic rings. The van der Waals surface area contributed by atoms with E-state index in [9.17, 15) is 14.7 Å². The summed E-state index contributed by atoms with van der Waals surface area (Å²) < 4.78 is 6.37. The molecule has 3 rings (SSSR count). The van der Waals surface area contributed by atoms with Crippen LogP contribution in [-0.4, -0.2) is 64.4 Å². The molecule has 1 aliphatic heterocycles. The predicted octanol–water partition coefficient (Wildman–Crippen LogP) is 0.509. The van der Waals surface area contributed by atoms with Gasteiger partial charge in [0.2, 0.25) is 5.91 Å². The lowest BCUT2D eigenvalue weighted by molar-refractivity contribution is -0.137. The van der Waals surface area contributed by atoms with Crippen LogP contribution < -0.4 is 5.32 Å². The molecule has 0 bridgehead atoms.